The maximum absolute atomic E-state index is 12.9. The number of rotatable bonds is 5. The van der Waals surface area contributed by atoms with Crippen molar-refractivity contribution in [3.05, 3.63) is 33.8 Å². The number of halogens is 1. The molecule has 2 aliphatic rings. The number of aromatic nitrogens is 2. The number of hydrogen-bond donors (Lipinski definition) is 2. The first kappa shape index (κ1) is 20.3. The van der Waals surface area contributed by atoms with Crippen molar-refractivity contribution in [2.75, 3.05) is 24.5 Å². The van der Waals surface area contributed by atoms with E-state index in [1.165, 1.54) is 17.3 Å². The first-order valence-corrected chi connectivity index (χ1v) is 10.8. The summed E-state index contributed by atoms with van der Waals surface area (Å²) in [5.41, 5.74) is 1.23. The van der Waals surface area contributed by atoms with Crippen molar-refractivity contribution >= 4 is 34.0 Å². The Kier molecular flexibility index (Phi) is 6.18. The molecule has 1 aromatic carbocycles. The summed E-state index contributed by atoms with van der Waals surface area (Å²) >= 11 is 6.49. The molecular formula is C21H27ClN4O3. The third kappa shape index (κ3) is 4.47. The second kappa shape index (κ2) is 8.81. The van der Waals surface area contributed by atoms with Crippen LogP contribution in [-0.4, -0.2) is 52.2 Å². The van der Waals surface area contributed by atoms with Crippen LogP contribution in [-0.2, 0) is 11.3 Å². The van der Waals surface area contributed by atoms with Gasteiger partial charge in [0.15, 0.2) is 5.78 Å². The molecule has 0 spiro atoms. The van der Waals surface area contributed by atoms with Crippen LogP contribution in [0, 0.1) is 0 Å². The Hall–Kier alpha value is -1.96. The van der Waals surface area contributed by atoms with E-state index in [0.29, 0.717) is 22.3 Å². The van der Waals surface area contributed by atoms with Gasteiger partial charge < -0.3 is 15.3 Å². The lowest BCUT2D eigenvalue weighted by atomic mass is 9.97. The highest BCUT2D eigenvalue weighted by atomic mass is 35.5. The van der Waals surface area contributed by atoms with Gasteiger partial charge in [-0.3, -0.25) is 14.2 Å². The minimum absolute atomic E-state index is 0.0574. The van der Waals surface area contributed by atoms with Gasteiger partial charge in [-0.15, -0.1) is 0 Å². The van der Waals surface area contributed by atoms with Crippen LogP contribution in [0.3, 0.4) is 0 Å². The van der Waals surface area contributed by atoms with Crippen LogP contribution in [0.4, 0.5) is 5.69 Å². The molecule has 29 heavy (non-hydrogen) atoms. The normalized spacial score (nSPS) is 22.8. The highest BCUT2D eigenvalue weighted by Crippen LogP contribution is 2.31. The Morgan fingerprint density at radius 2 is 2.03 bits per heavy atom. The summed E-state index contributed by atoms with van der Waals surface area (Å²) in [6, 6.07) is 3.30. The number of carbonyl (C=O) groups excluding carboxylic acids is 1. The molecule has 156 valence electrons. The molecule has 2 N–H and O–H groups in total. The molecule has 4 rings (SSSR count). The van der Waals surface area contributed by atoms with E-state index in [1.807, 2.05) is 6.07 Å². The quantitative estimate of drug-likeness (QED) is 0.773. The molecule has 2 fully saturated rings. The molecule has 2 aliphatic heterocycles. The summed E-state index contributed by atoms with van der Waals surface area (Å²) in [6.07, 6.45) is 6.20. The van der Waals surface area contributed by atoms with Crippen LogP contribution in [0.2, 0.25) is 5.02 Å². The largest absolute Gasteiger partial charge is 0.391 e. The van der Waals surface area contributed by atoms with Crippen LogP contribution >= 0.6 is 11.6 Å². The Labute approximate surface area is 174 Å². The van der Waals surface area contributed by atoms with E-state index < -0.39 is 6.10 Å². The molecule has 3 heterocycles. The fraction of sp³-hybridized carbons (Fsp3) is 0.571. The summed E-state index contributed by atoms with van der Waals surface area (Å²) in [5, 5.41) is 14.2. The van der Waals surface area contributed by atoms with Crippen molar-refractivity contribution in [2.24, 2.45) is 0 Å². The predicted molar refractivity (Wildman–Crippen MR) is 114 cm³/mol. The lowest BCUT2D eigenvalue weighted by Gasteiger charge is -2.29. The SMILES string of the molecule is O=C(C[C@H]1NCCC[C@@H]1O)Cn1cnc2cc(N3CCCCC3)c(Cl)cc2c1=O. The van der Waals surface area contributed by atoms with E-state index in [1.54, 1.807) is 6.07 Å². The number of nitrogens with one attached hydrogen (secondary N) is 1. The Balaban J connectivity index is 1.54. The van der Waals surface area contributed by atoms with Crippen LogP contribution in [0.1, 0.15) is 38.5 Å². The standard InChI is InChI=1S/C21H27ClN4O3/c22-16-10-15-17(11-19(16)25-7-2-1-3-8-25)24-13-26(21(15)29)12-14(27)9-18-20(28)5-4-6-23-18/h10-11,13,18,20,23,28H,1-9,12H2/t18-,20+/m1/s1. The van der Waals surface area contributed by atoms with E-state index in [9.17, 15) is 14.7 Å². The van der Waals surface area contributed by atoms with Gasteiger partial charge in [0.2, 0.25) is 0 Å². The van der Waals surface area contributed by atoms with Gasteiger partial charge in [0, 0.05) is 25.6 Å². The maximum atomic E-state index is 12.9. The van der Waals surface area contributed by atoms with Gasteiger partial charge in [0.1, 0.15) is 0 Å². The van der Waals surface area contributed by atoms with Gasteiger partial charge in [-0.25, -0.2) is 4.98 Å². The Morgan fingerprint density at radius 1 is 1.24 bits per heavy atom. The molecule has 0 bridgehead atoms. The van der Waals surface area contributed by atoms with E-state index in [4.69, 9.17) is 11.6 Å². The van der Waals surface area contributed by atoms with Crippen molar-refractivity contribution in [1.82, 2.24) is 14.9 Å². The molecular weight excluding hydrogens is 392 g/mol. The summed E-state index contributed by atoms with van der Waals surface area (Å²) < 4.78 is 1.33. The molecule has 0 aliphatic carbocycles. The van der Waals surface area contributed by atoms with Gasteiger partial charge >= 0.3 is 0 Å². The van der Waals surface area contributed by atoms with Crippen LogP contribution < -0.4 is 15.8 Å². The van der Waals surface area contributed by atoms with E-state index in [-0.39, 0.29) is 30.3 Å². The van der Waals surface area contributed by atoms with Gasteiger partial charge in [-0.2, -0.15) is 0 Å². The lowest BCUT2D eigenvalue weighted by molar-refractivity contribution is -0.121. The van der Waals surface area contributed by atoms with E-state index in [2.05, 4.69) is 15.2 Å². The number of anilines is 1. The molecule has 0 unspecified atom stereocenters. The van der Waals surface area contributed by atoms with E-state index >= 15 is 0 Å². The third-order valence-electron chi connectivity index (χ3n) is 5.93. The smallest absolute Gasteiger partial charge is 0.261 e. The van der Waals surface area contributed by atoms with Crippen molar-refractivity contribution in [2.45, 2.75) is 57.2 Å². The molecule has 8 heteroatoms. The van der Waals surface area contributed by atoms with Gasteiger partial charge in [-0.05, 0) is 50.8 Å². The molecule has 0 saturated carbocycles. The summed E-state index contributed by atoms with van der Waals surface area (Å²) in [7, 11) is 0. The number of fused-ring (bicyclic) bond motifs is 1. The number of hydrogen-bond acceptors (Lipinski definition) is 6. The zero-order chi connectivity index (χ0) is 20.4. The van der Waals surface area contributed by atoms with Crippen molar-refractivity contribution < 1.29 is 9.90 Å². The fourth-order valence-electron chi connectivity index (χ4n) is 4.30. The van der Waals surface area contributed by atoms with Crippen LogP contribution in [0.25, 0.3) is 10.9 Å². The molecule has 0 radical (unpaired) electrons. The van der Waals surface area contributed by atoms with Crippen molar-refractivity contribution in [1.29, 1.82) is 0 Å². The monoisotopic (exact) mass is 418 g/mol. The first-order chi connectivity index (χ1) is 14.0. The molecule has 7 nitrogen and oxygen atoms in total. The van der Waals surface area contributed by atoms with Crippen molar-refractivity contribution in [3.63, 3.8) is 0 Å². The first-order valence-electron chi connectivity index (χ1n) is 10.4. The second-order valence-electron chi connectivity index (χ2n) is 8.06. The van der Waals surface area contributed by atoms with Gasteiger partial charge in [-0.1, -0.05) is 11.6 Å². The highest BCUT2D eigenvalue weighted by molar-refractivity contribution is 6.34. The fourth-order valence-corrected chi connectivity index (χ4v) is 4.58. The number of Topliss-reactive ketones (excluding diaryl/α,β-unsaturated/α-hetero) is 1. The third-order valence-corrected chi connectivity index (χ3v) is 6.23. The zero-order valence-corrected chi connectivity index (χ0v) is 17.2. The Morgan fingerprint density at radius 3 is 2.79 bits per heavy atom. The molecule has 2 aromatic rings. The molecule has 2 saturated heterocycles. The van der Waals surface area contributed by atoms with Crippen LogP contribution in [0.5, 0.6) is 0 Å². The zero-order valence-electron chi connectivity index (χ0n) is 16.4. The predicted octanol–water partition coefficient (Wildman–Crippen LogP) is 2.11. The molecule has 1 aromatic heterocycles. The summed E-state index contributed by atoms with van der Waals surface area (Å²) in [5.74, 6) is -0.109. The van der Waals surface area contributed by atoms with E-state index in [0.717, 1.165) is 44.6 Å². The number of aliphatic hydroxyl groups is 1. The minimum Gasteiger partial charge on any atom is -0.391 e. The van der Waals surface area contributed by atoms with Gasteiger partial charge in [0.25, 0.3) is 5.56 Å². The van der Waals surface area contributed by atoms with Crippen molar-refractivity contribution in [3.8, 4) is 0 Å². The minimum atomic E-state index is -0.522. The molecule has 2 atom stereocenters. The average molecular weight is 419 g/mol. The van der Waals surface area contributed by atoms with Crippen LogP contribution in [0.15, 0.2) is 23.3 Å². The molecule has 0 amide bonds. The van der Waals surface area contributed by atoms with Gasteiger partial charge in [0.05, 0.1) is 40.6 Å². The number of carbonyl (C=O) groups is 1. The Bertz CT molecular complexity index is 955. The number of nitrogens with zero attached hydrogens (tertiary/aromatic N) is 3. The lowest BCUT2D eigenvalue weighted by Crippen LogP contribution is -2.46. The topological polar surface area (TPSA) is 87.5 Å². The number of aliphatic hydroxyl groups excluding tert-OH is 1. The highest BCUT2D eigenvalue weighted by Gasteiger charge is 2.25. The summed E-state index contributed by atoms with van der Waals surface area (Å²) in [6.45, 7) is 2.65. The summed E-state index contributed by atoms with van der Waals surface area (Å²) in [4.78, 5) is 32.0. The number of benzene rings is 1. The number of ketones is 1. The maximum Gasteiger partial charge on any atom is 0.261 e. The number of piperidine rings is 2. The second-order valence-corrected chi connectivity index (χ2v) is 8.47. The average Bonchev–Trinajstić information content (AvgIpc) is 2.72.